The van der Waals surface area contributed by atoms with Gasteiger partial charge < -0.3 is 0 Å². The first kappa shape index (κ1) is 25.1. The molecule has 0 aliphatic heterocycles. The van der Waals surface area contributed by atoms with Crippen molar-refractivity contribution in [3.63, 3.8) is 0 Å². The Morgan fingerprint density at radius 1 is 1.04 bits per heavy atom. The molecule has 3 nitrogen and oxygen atoms in total. The summed E-state index contributed by atoms with van der Waals surface area (Å²) in [4.78, 5) is 0. The van der Waals surface area contributed by atoms with Crippen LogP contribution in [-0.4, -0.2) is 21.8 Å². The van der Waals surface area contributed by atoms with E-state index in [1.807, 2.05) is 0 Å². The second kappa shape index (κ2) is 10.2. The van der Waals surface area contributed by atoms with E-state index in [0.29, 0.717) is 24.2 Å². The Bertz CT molecular complexity index is 752. The second-order valence-corrected chi connectivity index (χ2v) is 14.0. The van der Waals surface area contributed by atoms with Crippen LogP contribution in [0.25, 0.3) is 0 Å². The van der Waals surface area contributed by atoms with Gasteiger partial charge in [0.15, 0.2) is 0 Å². The molecule has 1 rings (SSSR count). The SMILES string of the molecule is CC(C)C[SiH](CC(C)C)c1c(CC=CS(=O)(=O)O)cccc1C(C)(C)C(C)C. The minimum Gasteiger partial charge on any atom is -0.282 e. The topological polar surface area (TPSA) is 54.4 Å². The molecule has 160 valence electrons. The molecule has 0 bridgehead atoms. The Balaban J connectivity index is 3.60. The fourth-order valence-electron chi connectivity index (χ4n) is 3.91. The zero-order valence-corrected chi connectivity index (χ0v) is 21.0. The van der Waals surface area contributed by atoms with Gasteiger partial charge in [0, 0.05) is 0 Å². The average molecular weight is 425 g/mol. The second-order valence-electron chi connectivity index (χ2n) is 9.80. The number of rotatable bonds is 10. The molecular formula is C23H40O3SSi. The van der Waals surface area contributed by atoms with Gasteiger partial charge in [-0.2, -0.15) is 8.42 Å². The molecule has 1 aromatic rings. The van der Waals surface area contributed by atoms with E-state index < -0.39 is 18.9 Å². The van der Waals surface area contributed by atoms with Gasteiger partial charge in [-0.25, -0.2) is 0 Å². The summed E-state index contributed by atoms with van der Waals surface area (Å²) in [6.45, 7) is 18.4. The van der Waals surface area contributed by atoms with Crippen molar-refractivity contribution in [1.29, 1.82) is 0 Å². The Morgan fingerprint density at radius 3 is 2.00 bits per heavy atom. The highest BCUT2D eigenvalue weighted by Crippen LogP contribution is 2.32. The van der Waals surface area contributed by atoms with Crippen molar-refractivity contribution in [2.75, 3.05) is 0 Å². The lowest BCUT2D eigenvalue weighted by molar-refractivity contribution is 0.374. The fourth-order valence-corrected chi connectivity index (χ4v) is 8.84. The van der Waals surface area contributed by atoms with Crippen LogP contribution in [0.4, 0.5) is 0 Å². The molecule has 0 atom stereocenters. The molecule has 0 radical (unpaired) electrons. The van der Waals surface area contributed by atoms with E-state index in [1.165, 1.54) is 28.4 Å². The van der Waals surface area contributed by atoms with Gasteiger partial charge in [0.25, 0.3) is 10.1 Å². The van der Waals surface area contributed by atoms with Crippen molar-refractivity contribution in [2.45, 2.75) is 79.3 Å². The van der Waals surface area contributed by atoms with Gasteiger partial charge in [-0.15, -0.1) is 0 Å². The minimum absolute atomic E-state index is 0.0529. The zero-order chi connectivity index (χ0) is 21.7. The van der Waals surface area contributed by atoms with Gasteiger partial charge in [-0.3, -0.25) is 4.55 Å². The van der Waals surface area contributed by atoms with Crippen LogP contribution in [0, 0.1) is 17.8 Å². The Kier molecular flexibility index (Phi) is 9.17. The first-order valence-electron chi connectivity index (χ1n) is 10.5. The number of allylic oxidation sites excluding steroid dienone is 1. The Labute approximate surface area is 175 Å². The van der Waals surface area contributed by atoms with Crippen molar-refractivity contribution in [3.05, 3.63) is 40.8 Å². The van der Waals surface area contributed by atoms with E-state index >= 15 is 0 Å². The van der Waals surface area contributed by atoms with Crippen LogP contribution in [0.3, 0.4) is 0 Å². The van der Waals surface area contributed by atoms with Gasteiger partial charge in [0.1, 0.15) is 0 Å². The summed E-state index contributed by atoms with van der Waals surface area (Å²) in [6, 6.07) is 9.03. The highest BCUT2D eigenvalue weighted by atomic mass is 32.2. The quantitative estimate of drug-likeness (QED) is 0.409. The predicted molar refractivity (Wildman–Crippen MR) is 125 cm³/mol. The summed E-state index contributed by atoms with van der Waals surface area (Å²) in [6.07, 6.45) is 2.12. The van der Waals surface area contributed by atoms with Crippen LogP contribution >= 0.6 is 0 Å². The summed E-state index contributed by atoms with van der Waals surface area (Å²) >= 11 is 0. The van der Waals surface area contributed by atoms with Crippen molar-refractivity contribution in [3.8, 4) is 0 Å². The van der Waals surface area contributed by atoms with Gasteiger partial charge >= 0.3 is 0 Å². The summed E-state index contributed by atoms with van der Waals surface area (Å²) in [7, 11) is -5.34. The van der Waals surface area contributed by atoms with Crippen LogP contribution in [0.5, 0.6) is 0 Å². The molecule has 1 N–H and O–H groups in total. The lowest BCUT2D eigenvalue weighted by Crippen LogP contribution is -2.43. The third kappa shape index (κ3) is 7.49. The lowest BCUT2D eigenvalue weighted by Gasteiger charge is -2.36. The maximum absolute atomic E-state index is 11.1. The molecule has 0 saturated heterocycles. The van der Waals surface area contributed by atoms with Gasteiger partial charge in [0.05, 0.1) is 14.2 Å². The third-order valence-corrected chi connectivity index (χ3v) is 10.9. The molecule has 0 unspecified atom stereocenters. The summed E-state index contributed by atoms with van der Waals surface area (Å²) < 4.78 is 31.3. The van der Waals surface area contributed by atoms with Gasteiger partial charge in [-0.05, 0) is 40.7 Å². The number of hydrogen-bond donors (Lipinski definition) is 1. The van der Waals surface area contributed by atoms with Gasteiger partial charge in [-0.1, -0.05) is 96.9 Å². The average Bonchev–Trinajstić information content (AvgIpc) is 2.51. The fraction of sp³-hybridized carbons (Fsp3) is 0.652. The number of benzene rings is 1. The minimum atomic E-state index is -4.09. The zero-order valence-electron chi connectivity index (χ0n) is 19.0. The third-order valence-electron chi connectivity index (χ3n) is 5.86. The molecular weight excluding hydrogens is 384 g/mol. The monoisotopic (exact) mass is 424 g/mol. The van der Waals surface area contributed by atoms with Crippen LogP contribution in [-0.2, 0) is 22.0 Å². The summed E-state index contributed by atoms with van der Waals surface area (Å²) in [5.41, 5.74) is 2.71. The first-order chi connectivity index (χ1) is 12.8. The van der Waals surface area contributed by atoms with Crippen molar-refractivity contribution >= 4 is 24.1 Å². The van der Waals surface area contributed by atoms with Gasteiger partial charge in [0.2, 0.25) is 0 Å². The molecule has 28 heavy (non-hydrogen) atoms. The molecule has 0 spiro atoms. The predicted octanol–water partition coefficient (Wildman–Crippen LogP) is 5.31. The maximum atomic E-state index is 11.1. The maximum Gasteiger partial charge on any atom is 0.287 e. The summed E-state index contributed by atoms with van der Waals surface area (Å²) in [5, 5.41) is 2.43. The van der Waals surface area contributed by atoms with E-state index in [4.69, 9.17) is 4.55 Å². The van der Waals surface area contributed by atoms with Crippen LogP contribution in [0.15, 0.2) is 29.7 Å². The van der Waals surface area contributed by atoms with Crippen LogP contribution < -0.4 is 5.19 Å². The summed E-state index contributed by atoms with van der Waals surface area (Å²) in [5.74, 6) is 1.79. The standard InChI is InChI=1S/C23H40O3SSi/c1-17(2)15-28(16-18(3)4)22-20(12-10-14-27(24,25)26)11-9-13-21(22)23(7,8)19(5)6/h9-11,13-14,17-19,28H,12,15-16H2,1-8H3,(H,24,25,26). The first-order valence-corrected chi connectivity index (χ1v) is 14.2. The molecule has 0 aliphatic rings. The molecule has 0 aliphatic carbocycles. The lowest BCUT2D eigenvalue weighted by atomic mass is 9.74. The highest BCUT2D eigenvalue weighted by Gasteiger charge is 2.31. The van der Waals surface area contributed by atoms with Crippen molar-refractivity contribution in [1.82, 2.24) is 0 Å². The van der Waals surface area contributed by atoms with Crippen molar-refractivity contribution < 1.29 is 13.0 Å². The van der Waals surface area contributed by atoms with Crippen molar-refractivity contribution in [2.24, 2.45) is 17.8 Å². The number of hydrogen-bond acceptors (Lipinski definition) is 2. The van der Waals surface area contributed by atoms with Crippen LogP contribution in [0.2, 0.25) is 12.1 Å². The van der Waals surface area contributed by atoms with E-state index in [9.17, 15) is 8.42 Å². The van der Waals surface area contributed by atoms with E-state index in [-0.39, 0.29) is 5.41 Å². The molecule has 0 saturated carbocycles. The highest BCUT2D eigenvalue weighted by molar-refractivity contribution is 7.88. The molecule has 1 aromatic carbocycles. The Hall–Kier alpha value is -0.913. The van der Waals surface area contributed by atoms with Crippen LogP contribution in [0.1, 0.15) is 66.5 Å². The molecule has 0 heterocycles. The normalized spacial score (nSPS) is 13.6. The smallest absolute Gasteiger partial charge is 0.282 e. The van der Waals surface area contributed by atoms with E-state index in [2.05, 4.69) is 73.6 Å². The largest absolute Gasteiger partial charge is 0.287 e. The molecule has 0 fully saturated rings. The Morgan fingerprint density at radius 2 is 1.57 bits per heavy atom. The molecule has 5 heteroatoms. The van der Waals surface area contributed by atoms with E-state index in [0.717, 1.165) is 5.41 Å². The molecule has 0 amide bonds. The van der Waals surface area contributed by atoms with E-state index in [1.54, 1.807) is 6.08 Å². The molecule has 0 aromatic heterocycles.